The summed E-state index contributed by atoms with van der Waals surface area (Å²) in [4.78, 5) is 33.2. The van der Waals surface area contributed by atoms with E-state index in [0.29, 0.717) is 22.7 Å². The van der Waals surface area contributed by atoms with E-state index in [-0.39, 0.29) is 24.3 Å². The Morgan fingerprint density at radius 1 is 0.923 bits per heavy atom. The largest absolute Gasteiger partial charge is 0.497 e. The lowest BCUT2D eigenvalue weighted by molar-refractivity contribution is -0.127. The normalized spacial score (nSPS) is 14.5. The number of hydrogen-bond donors (Lipinski definition) is 2. The van der Waals surface area contributed by atoms with E-state index in [0.717, 1.165) is 42.1 Å². The van der Waals surface area contributed by atoms with Crippen molar-refractivity contribution in [3.05, 3.63) is 90.1 Å². The molecule has 39 heavy (non-hydrogen) atoms. The Balaban J connectivity index is 1.57. The second kappa shape index (κ2) is 12.1. The van der Waals surface area contributed by atoms with E-state index in [1.165, 1.54) is 6.42 Å². The molecule has 5 rings (SSSR count). The van der Waals surface area contributed by atoms with E-state index >= 15 is 0 Å². The van der Waals surface area contributed by atoms with Crippen molar-refractivity contribution in [3.8, 4) is 11.5 Å². The Morgan fingerprint density at radius 3 is 2.41 bits per heavy atom. The Hall–Kier alpha value is -4.26. The molecule has 0 saturated heterocycles. The summed E-state index contributed by atoms with van der Waals surface area (Å²) in [6.45, 7) is 0. The number of ether oxygens (including phenoxy) is 2. The van der Waals surface area contributed by atoms with Crippen molar-refractivity contribution in [2.24, 2.45) is 0 Å². The van der Waals surface area contributed by atoms with Gasteiger partial charge >= 0.3 is 0 Å². The minimum absolute atomic E-state index is 0.0999. The minimum atomic E-state index is -0.873. The van der Waals surface area contributed by atoms with Crippen molar-refractivity contribution >= 4 is 28.4 Å². The summed E-state index contributed by atoms with van der Waals surface area (Å²) in [5, 5.41) is 4.26. The predicted octanol–water partition coefficient (Wildman–Crippen LogP) is 5.95. The number of amides is 2. The number of aromatic nitrogens is 1. The van der Waals surface area contributed by atoms with Crippen LogP contribution in [0.4, 0.5) is 5.69 Å². The zero-order valence-corrected chi connectivity index (χ0v) is 22.5. The lowest BCUT2D eigenvalue weighted by Gasteiger charge is -2.33. The molecular formula is C32H35N3O4. The smallest absolute Gasteiger partial charge is 0.248 e. The van der Waals surface area contributed by atoms with Crippen LogP contribution in [0.1, 0.15) is 49.3 Å². The standard InChI is InChI=1S/C32H35N3O4/c1-38-26-17-15-22(16-18-26)31(32(37)34-24-9-4-3-5-10-24)35(25-11-8-12-27(20-25)39-2)30(36)19-23-21-33-29-14-7-6-13-28(23)29/h6-8,11-18,20-21,24,31,33H,3-5,9-10,19H2,1-2H3,(H,34,37)/t31-/m1/s1. The highest BCUT2D eigenvalue weighted by molar-refractivity contribution is 6.03. The maximum atomic E-state index is 14.3. The highest BCUT2D eigenvalue weighted by atomic mass is 16.5. The van der Waals surface area contributed by atoms with Gasteiger partial charge in [-0.05, 0) is 54.3 Å². The molecule has 2 amide bonds. The van der Waals surface area contributed by atoms with Crippen LogP contribution in [0.3, 0.4) is 0 Å². The molecule has 0 bridgehead atoms. The number of nitrogens with one attached hydrogen (secondary N) is 2. The first-order valence-corrected chi connectivity index (χ1v) is 13.5. The molecule has 1 aliphatic carbocycles. The molecule has 202 valence electrons. The fourth-order valence-corrected chi connectivity index (χ4v) is 5.45. The quantitative estimate of drug-likeness (QED) is 0.283. The van der Waals surface area contributed by atoms with E-state index in [2.05, 4.69) is 10.3 Å². The van der Waals surface area contributed by atoms with Crippen molar-refractivity contribution in [2.45, 2.75) is 50.6 Å². The number of benzene rings is 3. The number of aromatic amines is 1. The summed E-state index contributed by atoms with van der Waals surface area (Å²) in [6.07, 6.45) is 7.27. The van der Waals surface area contributed by atoms with Crippen LogP contribution in [0, 0.1) is 0 Å². The first-order chi connectivity index (χ1) is 19.1. The summed E-state index contributed by atoms with van der Waals surface area (Å²) in [7, 11) is 3.20. The number of anilines is 1. The summed E-state index contributed by atoms with van der Waals surface area (Å²) in [6, 6.07) is 21.8. The van der Waals surface area contributed by atoms with Crippen LogP contribution >= 0.6 is 0 Å². The fourth-order valence-electron chi connectivity index (χ4n) is 5.45. The van der Waals surface area contributed by atoms with Crippen LogP contribution in [0.25, 0.3) is 10.9 Å². The van der Waals surface area contributed by atoms with Gasteiger partial charge in [-0.1, -0.05) is 55.7 Å². The molecule has 0 spiro atoms. The molecule has 0 aliphatic heterocycles. The van der Waals surface area contributed by atoms with Crippen LogP contribution in [-0.2, 0) is 16.0 Å². The number of carbonyl (C=O) groups is 2. The highest BCUT2D eigenvalue weighted by Crippen LogP contribution is 2.33. The zero-order chi connectivity index (χ0) is 27.2. The molecular weight excluding hydrogens is 490 g/mol. The molecule has 1 fully saturated rings. The molecule has 1 atom stereocenters. The molecule has 0 radical (unpaired) electrons. The number of methoxy groups -OCH3 is 2. The number of fused-ring (bicyclic) bond motifs is 1. The minimum Gasteiger partial charge on any atom is -0.497 e. The van der Waals surface area contributed by atoms with Crippen molar-refractivity contribution in [1.82, 2.24) is 10.3 Å². The van der Waals surface area contributed by atoms with Gasteiger partial charge in [-0.2, -0.15) is 0 Å². The first kappa shape index (κ1) is 26.4. The van der Waals surface area contributed by atoms with E-state index < -0.39 is 6.04 Å². The summed E-state index contributed by atoms with van der Waals surface area (Å²) >= 11 is 0. The number of rotatable bonds is 9. The van der Waals surface area contributed by atoms with Crippen LogP contribution in [0.15, 0.2) is 79.0 Å². The van der Waals surface area contributed by atoms with E-state index in [9.17, 15) is 9.59 Å². The Bertz CT molecular complexity index is 1420. The van der Waals surface area contributed by atoms with Crippen LogP contribution < -0.4 is 19.7 Å². The molecule has 7 nitrogen and oxygen atoms in total. The van der Waals surface area contributed by atoms with Gasteiger partial charge in [-0.15, -0.1) is 0 Å². The predicted molar refractivity (Wildman–Crippen MR) is 153 cm³/mol. The van der Waals surface area contributed by atoms with E-state index in [1.54, 1.807) is 25.2 Å². The number of carbonyl (C=O) groups excluding carboxylic acids is 2. The summed E-state index contributed by atoms with van der Waals surface area (Å²) in [5.74, 6) is 0.914. The third-order valence-corrected chi connectivity index (χ3v) is 7.51. The molecule has 1 saturated carbocycles. The molecule has 3 aromatic carbocycles. The van der Waals surface area contributed by atoms with Gasteiger partial charge in [0.15, 0.2) is 0 Å². The molecule has 2 N–H and O–H groups in total. The second-order valence-electron chi connectivity index (χ2n) is 10.0. The Labute approximate surface area is 229 Å². The lowest BCUT2D eigenvalue weighted by atomic mass is 9.94. The Kier molecular flexibility index (Phi) is 8.16. The third-order valence-electron chi connectivity index (χ3n) is 7.51. The van der Waals surface area contributed by atoms with Crippen molar-refractivity contribution in [2.75, 3.05) is 19.1 Å². The van der Waals surface area contributed by atoms with Crippen LogP contribution in [0.2, 0.25) is 0 Å². The molecule has 4 aromatic rings. The van der Waals surface area contributed by atoms with Gasteiger partial charge in [-0.3, -0.25) is 14.5 Å². The van der Waals surface area contributed by atoms with Crippen molar-refractivity contribution in [1.29, 1.82) is 0 Å². The average Bonchev–Trinajstić information content (AvgIpc) is 3.39. The van der Waals surface area contributed by atoms with Crippen molar-refractivity contribution < 1.29 is 19.1 Å². The van der Waals surface area contributed by atoms with Gasteiger partial charge in [0.05, 0.1) is 20.6 Å². The monoisotopic (exact) mass is 525 g/mol. The maximum absolute atomic E-state index is 14.3. The molecule has 1 aliphatic rings. The van der Waals surface area contributed by atoms with E-state index in [4.69, 9.17) is 9.47 Å². The highest BCUT2D eigenvalue weighted by Gasteiger charge is 2.34. The molecule has 0 unspecified atom stereocenters. The lowest BCUT2D eigenvalue weighted by Crippen LogP contribution is -2.47. The van der Waals surface area contributed by atoms with Crippen LogP contribution in [0.5, 0.6) is 11.5 Å². The maximum Gasteiger partial charge on any atom is 0.248 e. The van der Waals surface area contributed by atoms with Gasteiger partial charge in [0.2, 0.25) is 11.8 Å². The van der Waals surface area contributed by atoms with Gasteiger partial charge in [0.1, 0.15) is 17.5 Å². The SMILES string of the molecule is COc1ccc([C@H](C(=O)NC2CCCCC2)N(C(=O)Cc2c[nH]c3ccccc23)c2cccc(OC)c2)cc1. The number of nitrogens with zero attached hydrogens (tertiary/aromatic N) is 1. The van der Waals surface area contributed by atoms with Gasteiger partial charge < -0.3 is 19.8 Å². The summed E-state index contributed by atoms with van der Waals surface area (Å²) < 4.78 is 10.8. The number of para-hydroxylation sites is 1. The van der Waals surface area contributed by atoms with Crippen LogP contribution in [-0.4, -0.2) is 37.1 Å². The Morgan fingerprint density at radius 2 is 1.67 bits per heavy atom. The fraction of sp³-hybridized carbons (Fsp3) is 0.312. The number of H-pyrrole nitrogens is 1. The van der Waals surface area contributed by atoms with Crippen molar-refractivity contribution in [3.63, 3.8) is 0 Å². The van der Waals surface area contributed by atoms with Gasteiger partial charge in [-0.25, -0.2) is 0 Å². The molecule has 1 heterocycles. The zero-order valence-electron chi connectivity index (χ0n) is 22.5. The second-order valence-corrected chi connectivity index (χ2v) is 10.0. The average molecular weight is 526 g/mol. The molecule has 7 heteroatoms. The van der Waals surface area contributed by atoms with Gasteiger partial charge in [0, 0.05) is 34.9 Å². The number of hydrogen-bond acceptors (Lipinski definition) is 4. The first-order valence-electron chi connectivity index (χ1n) is 13.5. The third kappa shape index (κ3) is 5.93. The molecule has 1 aromatic heterocycles. The van der Waals surface area contributed by atoms with Gasteiger partial charge in [0.25, 0.3) is 0 Å². The summed E-state index contributed by atoms with van der Waals surface area (Å²) in [5.41, 5.74) is 3.15. The topological polar surface area (TPSA) is 83.7 Å². The van der Waals surface area contributed by atoms with E-state index in [1.807, 2.05) is 72.9 Å².